The second kappa shape index (κ2) is 10.5. The third kappa shape index (κ3) is 6.36. The summed E-state index contributed by atoms with van der Waals surface area (Å²) in [4.78, 5) is 26.4. The van der Waals surface area contributed by atoms with Crippen molar-refractivity contribution in [3.63, 3.8) is 0 Å². The summed E-state index contributed by atoms with van der Waals surface area (Å²) in [7, 11) is -1.55. The Morgan fingerprint density at radius 1 is 0.935 bits per heavy atom. The van der Waals surface area contributed by atoms with E-state index in [1.165, 1.54) is 16.4 Å². The second-order valence-electron chi connectivity index (χ2n) is 7.51. The van der Waals surface area contributed by atoms with E-state index in [1.807, 2.05) is 13.1 Å². The number of anilines is 1. The zero-order chi connectivity index (χ0) is 22.3. The van der Waals surface area contributed by atoms with Crippen LogP contribution >= 0.6 is 0 Å². The Labute approximate surface area is 183 Å². The SMILES string of the molecule is CN1CCN(S(=O)(=O)c2ccc(NC(=O)CCCNC(=O)c3ccccc3)cc2)CC1. The number of nitrogens with one attached hydrogen (secondary N) is 2. The maximum Gasteiger partial charge on any atom is 0.251 e. The van der Waals surface area contributed by atoms with E-state index in [4.69, 9.17) is 0 Å². The minimum Gasteiger partial charge on any atom is -0.352 e. The predicted molar refractivity (Wildman–Crippen MR) is 119 cm³/mol. The minimum absolute atomic E-state index is 0.168. The van der Waals surface area contributed by atoms with Gasteiger partial charge in [0.15, 0.2) is 0 Å². The molecule has 0 aliphatic carbocycles. The molecule has 0 radical (unpaired) electrons. The molecule has 1 aliphatic heterocycles. The van der Waals surface area contributed by atoms with Crippen LogP contribution in [0, 0.1) is 0 Å². The third-order valence-corrected chi connectivity index (χ3v) is 7.05. The maximum absolute atomic E-state index is 12.7. The highest BCUT2D eigenvalue weighted by molar-refractivity contribution is 7.89. The normalized spacial score (nSPS) is 15.4. The summed E-state index contributed by atoms with van der Waals surface area (Å²) in [5.41, 5.74) is 1.12. The van der Waals surface area contributed by atoms with Crippen molar-refractivity contribution in [2.45, 2.75) is 17.7 Å². The van der Waals surface area contributed by atoms with Crippen LogP contribution in [-0.2, 0) is 14.8 Å². The fraction of sp³-hybridized carbons (Fsp3) is 0.364. The molecule has 2 N–H and O–H groups in total. The number of rotatable bonds is 8. The number of benzene rings is 2. The number of hydrogen-bond acceptors (Lipinski definition) is 5. The molecular weight excluding hydrogens is 416 g/mol. The van der Waals surface area contributed by atoms with Crippen molar-refractivity contribution < 1.29 is 18.0 Å². The van der Waals surface area contributed by atoms with E-state index in [1.54, 1.807) is 36.4 Å². The van der Waals surface area contributed by atoms with Crippen molar-refractivity contribution in [2.24, 2.45) is 0 Å². The Morgan fingerprint density at radius 3 is 2.23 bits per heavy atom. The molecule has 3 rings (SSSR count). The lowest BCUT2D eigenvalue weighted by atomic mass is 10.2. The summed E-state index contributed by atoms with van der Waals surface area (Å²) < 4.78 is 27.0. The molecule has 2 aromatic carbocycles. The highest BCUT2D eigenvalue weighted by Gasteiger charge is 2.27. The lowest BCUT2D eigenvalue weighted by Gasteiger charge is -2.31. The highest BCUT2D eigenvalue weighted by Crippen LogP contribution is 2.19. The summed E-state index contributed by atoms with van der Waals surface area (Å²) in [6.07, 6.45) is 0.747. The minimum atomic E-state index is -3.53. The van der Waals surface area contributed by atoms with E-state index >= 15 is 0 Å². The van der Waals surface area contributed by atoms with Gasteiger partial charge in [-0.2, -0.15) is 4.31 Å². The van der Waals surface area contributed by atoms with Crippen LogP contribution in [0.2, 0.25) is 0 Å². The average Bonchev–Trinajstić information content (AvgIpc) is 2.78. The fourth-order valence-electron chi connectivity index (χ4n) is 3.25. The number of piperazine rings is 1. The first-order valence-electron chi connectivity index (χ1n) is 10.3. The summed E-state index contributed by atoms with van der Waals surface area (Å²) in [6, 6.07) is 15.1. The van der Waals surface area contributed by atoms with Crippen LogP contribution in [-0.4, -0.2) is 69.2 Å². The molecule has 8 nitrogen and oxygen atoms in total. The topological polar surface area (TPSA) is 98.8 Å². The molecule has 31 heavy (non-hydrogen) atoms. The summed E-state index contributed by atoms with van der Waals surface area (Å²) in [5, 5.41) is 5.54. The first-order chi connectivity index (χ1) is 14.9. The van der Waals surface area contributed by atoms with Gasteiger partial charge in [0.2, 0.25) is 15.9 Å². The molecule has 0 spiro atoms. The number of sulfonamides is 1. The lowest BCUT2D eigenvalue weighted by molar-refractivity contribution is -0.116. The monoisotopic (exact) mass is 444 g/mol. The quantitative estimate of drug-likeness (QED) is 0.605. The lowest BCUT2D eigenvalue weighted by Crippen LogP contribution is -2.46. The molecule has 0 unspecified atom stereocenters. The largest absolute Gasteiger partial charge is 0.352 e. The van der Waals surface area contributed by atoms with Gasteiger partial charge in [0.05, 0.1) is 4.90 Å². The summed E-state index contributed by atoms with van der Waals surface area (Å²) >= 11 is 0. The first kappa shape index (κ1) is 22.9. The van der Waals surface area contributed by atoms with Gasteiger partial charge in [0.25, 0.3) is 5.91 Å². The van der Waals surface area contributed by atoms with Crippen molar-refractivity contribution in [1.29, 1.82) is 0 Å². The van der Waals surface area contributed by atoms with Gasteiger partial charge in [0, 0.05) is 50.4 Å². The molecule has 2 amide bonds. The molecule has 1 saturated heterocycles. The molecule has 166 valence electrons. The van der Waals surface area contributed by atoms with Gasteiger partial charge in [0.1, 0.15) is 0 Å². The van der Waals surface area contributed by atoms with Crippen LogP contribution in [0.3, 0.4) is 0 Å². The van der Waals surface area contributed by atoms with E-state index in [0.717, 1.165) is 0 Å². The summed E-state index contributed by atoms with van der Waals surface area (Å²) in [6.45, 7) is 2.75. The van der Waals surface area contributed by atoms with Gasteiger partial charge in [-0.1, -0.05) is 18.2 Å². The number of hydrogen-bond donors (Lipinski definition) is 2. The number of carbonyl (C=O) groups is 2. The Kier molecular flexibility index (Phi) is 7.78. The number of carbonyl (C=O) groups excluding carboxylic acids is 2. The van der Waals surface area contributed by atoms with E-state index in [-0.39, 0.29) is 23.1 Å². The van der Waals surface area contributed by atoms with Crippen LogP contribution in [0.25, 0.3) is 0 Å². The van der Waals surface area contributed by atoms with Gasteiger partial charge in [-0.25, -0.2) is 8.42 Å². The van der Waals surface area contributed by atoms with Gasteiger partial charge in [-0.3, -0.25) is 9.59 Å². The molecule has 1 aliphatic rings. The number of nitrogens with zero attached hydrogens (tertiary/aromatic N) is 2. The van der Waals surface area contributed by atoms with Crippen LogP contribution < -0.4 is 10.6 Å². The van der Waals surface area contributed by atoms with Crippen LogP contribution in [0.4, 0.5) is 5.69 Å². The molecule has 1 heterocycles. The van der Waals surface area contributed by atoms with Gasteiger partial charge >= 0.3 is 0 Å². The van der Waals surface area contributed by atoms with Gasteiger partial charge in [-0.05, 0) is 49.9 Å². The standard InChI is InChI=1S/C22H28N4O4S/c1-25-14-16-26(17-15-25)31(29,30)20-11-9-19(10-12-20)24-21(27)8-5-13-23-22(28)18-6-3-2-4-7-18/h2-4,6-7,9-12H,5,8,13-17H2,1H3,(H,23,28)(H,24,27). The average molecular weight is 445 g/mol. The molecule has 9 heteroatoms. The van der Waals surface area contributed by atoms with E-state index in [2.05, 4.69) is 15.5 Å². The van der Waals surface area contributed by atoms with Gasteiger partial charge < -0.3 is 15.5 Å². The van der Waals surface area contributed by atoms with E-state index in [9.17, 15) is 18.0 Å². The zero-order valence-electron chi connectivity index (χ0n) is 17.6. The van der Waals surface area contributed by atoms with Crippen molar-refractivity contribution in [3.8, 4) is 0 Å². The van der Waals surface area contributed by atoms with Crippen molar-refractivity contribution >= 4 is 27.5 Å². The predicted octanol–water partition coefficient (Wildman–Crippen LogP) is 1.77. The highest BCUT2D eigenvalue weighted by atomic mass is 32.2. The molecule has 0 bridgehead atoms. The van der Waals surface area contributed by atoms with E-state index in [0.29, 0.717) is 50.4 Å². The zero-order valence-corrected chi connectivity index (χ0v) is 18.4. The first-order valence-corrected chi connectivity index (χ1v) is 11.7. The maximum atomic E-state index is 12.7. The van der Waals surface area contributed by atoms with E-state index < -0.39 is 10.0 Å². The van der Waals surface area contributed by atoms with Gasteiger partial charge in [-0.15, -0.1) is 0 Å². The number of likely N-dealkylation sites (N-methyl/N-ethyl adjacent to an activating group) is 1. The third-order valence-electron chi connectivity index (χ3n) is 5.14. The molecule has 1 fully saturated rings. The van der Waals surface area contributed by atoms with Crippen molar-refractivity contribution in [1.82, 2.24) is 14.5 Å². The van der Waals surface area contributed by atoms with Crippen molar-refractivity contribution in [2.75, 3.05) is 45.1 Å². The fourth-order valence-corrected chi connectivity index (χ4v) is 4.68. The Hall–Kier alpha value is -2.75. The molecular formula is C22H28N4O4S. The van der Waals surface area contributed by atoms with Crippen molar-refractivity contribution in [3.05, 3.63) is 60.2 Å². The molecule has 0 aromatic heterocycles. The Balaban J connectivity index is 1.44. The van der Waals surface area contributed by atoms with Crippen LogP contribution in [0.1, 0.15) is 23.2 Å². The second-order valence-corrected chi connectivity index (χ2v) is 9.44. The van der Waals surface area contributed by atoms with Crippen LogP contribution in [0.15, 0.2) is 59.5 Å². The molecule has 2 aromatic rings. The Bertz CT molecular complexity index is 986. The summed E-state index contributed by atoms with van der Waals surface area (Å²) in [5.74, 6) is -0.359. The molecule has 0 atom stereocenters. The van der Waals surface area contributed by atoms with Crippen LogP contribution in [0.5, 0.6) is 0 Å². The smallest absolute Gasteiger partial charge is 0.251 e. The number of amides is 2. The Morgan fingerprint density at radius 2 is 1.58 bits per heavy atom. The molecule has 0 saturated carbocycles.